The maximum Gasteiger partial charge on any atom is 0.170 e. The van der Waals surface area contributed by atoms with E-state index in [-0.39, 0.29) is 5.84 Å². The third kappa shape index (κ3) is 3.42. The Morgan fingerprint density at radius 2 is 1.95 bits per heavy atom. The molecular formula is C15H15ClN2O2. The van der Waals surface area contributed by atoms with Crippen LogP contribution in [-0.2, 0) is 6.61 Å². The number of oxime groups is 1. The van der Waals surface area contributed by atoms with Gasteiger partial charge in [-0.15, -0.1) is 0 Å². The van der Waals surface area contributed by atoms with E-state index < -0.39 is 0 Å². The molecule has 0 saturated carbocycles. The predicted octanol–water partition coefficient (Wildman–Crippen LogP) is 3.32. The summed E-state index contributed by atoms with van der Waals surface area (Å²) >= 11 is 5.94. The van der Waals surface area contributed by atoms with Gasteiger partial charge in [0.25, 0.3) is 0 Å². The molecule has 0 spiro atoms. The van der Waals surface area contributed by atoms with Crippen LogP contribution in [0.3, 0.4) is 0 Å². The maximum atomic E-state index is 8.59. The number of nitrogens with two attached hydrogens (primary N) is 1. The zero-order valence-corrected chi connectivity index (χ0v) is 11.8. The van der Waals surface area contributed by atoms with Gasteiger partial charge >= 0.3 is 0 Å². The zero-order valence-electron chi connectivity index (χ0n) is 11.0. The second-order valence-corrected chi connectivity index (χ2v) is 4.82. The van der Waals surface area contributed by atoms with E-state index in [0.717, 1.165) is 16.9 Å². The third-order valence-electron chi connectivity index (χ3n) is 2.90. The summed E-state index contributed by atoms with van der Waals surface area (Å²) in [5.74, 6) is 0.848. The van der Waals surface area contributed by atoms with Crippen LogP contribution in [0.15, 0.2) is 47.6 Å². The molecule has 0 aliphatic rings. The van der Waals surface area contributed by atoms with Crippen molar-refractivity contribution in [2.75, 3.05) is 0 Å². The van der Waals surface area contributed by atoms with Gasteiger partial charge in [0, 0.05) is 10.6 Å². The number of ether oxygens (including phenoxy) is 1. The topological polar surface area (TPSA) is 67.8 Å². The normalized spacial score (nSPS) is 11.4. The van der Waals surface area contributed by atoms with E-state index in [4.69, 9.17) is 27.3 Å². The van der Waals surface area contributed by atoms with Crippen molar-refractivity contribution in [1.29, 1.82) is 0 Å². The lowest BCUT2D eigenvalue weighted by Crippen LogP contribution is -2.12. The van der Waals surface area contributed by atoms with Gasteiger partial charge in [0.1, 0.15) is 12.4 Å². The average molecular weight is 291 g/mol. The molecule has 0 bridgehead atoms. The monoisotopic (exact) mass is 290 g/mol. The van der Waals surface area contributed by atoms with E-state index in [0.29, 0.717) is 17.2 Å². The predicted molar refractivity (Wildman–Crippen MR) is 79.5 cm³/mol. The van der Waals surface area contributed by atoms with E-state index in [9.17, 15) is 0 Å². The molecule has 0 amide bonds. The summed E-state index contributed by atoms with van der Waals surface area (Å²) < 4.78 is 5.74. The summed E-state index contributed by atoms with van der Waals surface area (Å²) in [6.07, 6.45) is 0. The number of aryl methyl sites for hydroxylation is 1. The summed E-state index contributed by atoms with van der Waals surface area (Å²) in [5.41, 5.74) is 8.18. The Bertz CT molecular complexity index is 624. The number of nitrogens with zero attached hydrogens (tertiary/aromatic N) is 1. The second kappa shape index (κ2) is 6.30. The zero-order chi connectivity index (χ0) is 14.5. The van der Waals surface area contributed by atoms with Gasteiger partial charge in [0.05, 0.1) is 0 Å². The molecule has 0 unspecified atom stereocenters. The molecule has 20 heavy (non-hydrogen) atoms. The average Bonchev–Trinajstić information content (AvgIpc) is 2.48. The fraction of sp³-hybridized carbons (Fsp3) is 0.133. The van der Waals surface area contributed by atoms with Crippen LogP contribution in [0.1, 0.15) is 16.7 Å². The van der Waals surface area contributed by atoms with Crippen LogP contribution in [0.5, 0.6) is 5.75 Å². The Labute approximate surface area is 122 Å². The molecule has 0 aromatic heterocycles. The molecule has 4 nitrogen and oxygen atoms in total. The Kier molecular flexibility index (Phi) is 4.48. The van der Waals surface area contributed by atoms with Crippen LogP contribution < -0.4 is 10.5 Å². The van der Waals surface area contributed by atoms with Crippen LogP contribution in [0, 0.1) is 6.92 Å². The summed E-state index contributed by atoms with van der Waals surface area (Å²) in [6, 6.07) is 12.8. The molecule has 0 aliphatic heterocycles. The second-order valence-electron chi connectivity index (χ2n) is 4.38. The molecule has 104 valence electrons. The third-order valence-corrected chi connectivity index (χ3v) is 3.14. The number of hydrogen-bond acceptors (Lipinski definition) is 3. The summed E-state index contributed by atoms with van der Waals surface area (Å²) in [7, 11) is 0. The van der Waals surface area contributed by atoms with Crippen LogP contribution in [0.4, 0.5) is 0 Å². The lowest BCUT2D eigenvalue weighted by Gasteiger charge is -2.10. The minimum absolute atomic E-state index is 0.0863. The lowest BCUT2D eigenvalue weighted by molar-refractivity contribution is 0.304. The molecule has 3 N–H and O–H groups in total. The molecule has 0 radical (unpaired) electrons. The van der Waals surface area contributed by atoms with Gasteiger partial charge in [0.2, 0.25) is 0 Å². The SMILES string of the molecule is Cc1ccc(Cl)cc1OCc1ccc(C(N)=NO)cc1. The summed E-state index contributed by atoms with van der Waals surface area (Å²) in [4.78, 5) is 0. The number of hydrogen-bond donors (Lipinski definition) is 2. The first-order valence-electron chi connectivity index (χ1n) is 6.06. The van der Waals surface area contributed by atoms with Gasteiger partial charge in [-0.3, -0.25) is 0 Å². The van der Waals surface area contributed by atoms with Crippen molar-refractivity contribution in [2.24, 2.45) is 10.9 Å². The van der Waals surface area contributed by atoms with Crippen LogP contribution in [-0.4, -0.2) is 11.0 Å². The molecule has 2 rings (SSSR count). The molecule has 2 aromatic carbocycles. The smallest absolute Gasteiger partial charge is 0.170 e. The molecular weight excluding hydrogens is 276 g/mol. The fourth-order valence-electron chi connectivity index (χ4n) is 1.72. The van der Waals surface area contributed by atoms with E-state index in [2.05, 4.69) is 5.16 Å². The van der Waals surface area contributed by atoms with E-state index in [1.807, 2.05) is 31.2 Å². The first kappa shape index (κ1) is 14.2. The first-order valence-corrected chi connectivity index (χ1v) is 6.43. The number of rotatable bonds is 4. The first-order chi connectivity index (χ1) is 9.60. The Morgan fingerprint density at radius 3 is 2.60 bits per heavy atom. The van der Waals surface area contributed by atoms with Crippen LogP contribution in [0.25, 0.3) is 0 Å². The van der Waals surface area contributed by atoms with Crippen LogP contribution >= 0.6 is 11.6 Å². The van der Waals surface area contributed by atoms with Crippen molar-refractivity contribution in [3.05, 3.63) is 64.2 Å². The van der Waals surface area contributed by atoms with Crippen molar-refractivity contribution >= 4 is 17.4 Å². The molecule has 0 atom stereocenters. The number of benzene rings is 2. The highest BCUT2D eigenvalue weighted by molar-refractivity contribution is 6.30. The number of halogens is 1. The molecule has 2 aromatic rings. The van der Waals surface area contributed by atoms with Gasteiger partial charge < -0.3 is 15.7 Å². The van der Waals surface area contributed by atoms with Gasteiger partial charge in [-0.25, -0.2) is 0 Å². The Balaban J connectivity index is 2.06. The summed E-state index contributed by atoms with van der Waals surface area (Å²) in [5, 5.41) is 12.2. The van der Waals surface area contributed by atoms with E-state index in [1.54, 1.807) is 18.2 Å². The van der Waals surface area contributed by atoms with Crippen molar-refractivity contribution in [1.82, 2.24) is 0 Å². The van der Waals surface area contributed by atoms with Gasteiger partial charge in [0.15, 0.2) is 5.84 Å². The minimum atomic E-state index is 0.0863. The Hall–Kier alpha value is -2.20. The van der Waals surface area contributed by atoms with Crippen molar-refractivity contribution in [3.8, 4) is 5.75 Å². The fourth-order valence-corrected chi connectivity index (χ4v) is 1.88. The minimum Gasteiger partial charge on any atom is -0.489 e. The van der Waals surface area contributed by atoms with Crippen molar-refractivity contribution in [2.45, 2.75) is 13.5 Å². The molecule has 0 fully saturated rings. The van der Waals surface area contributed by atoms with Crippen molar-refractivity contribution < 1.29 is 9.94 Å². The van der Waals surface area contributed by atoms with Gasteiger partial charge in [-0.1, -0.05) is 47.1 Å². The highest BCUT2D eigenvalue weighted by atomic mass is 35.5. The molecule has 5 heteroatoms. The molecule has 0 aliphatic carbocycles. The Morgan fingerprint density at radius 1 is 1.25 bits per heavy atom. The standard InChI is InChI=1S/C15H15ClN2O2/c1-10-2-7-13(16)8-14(10)20-9-11-3-5-12(6-4-11)15(17)18-19/h2-8,19H,9H2,1H3,(H2,17,18). The highest BCUT2D eigenvalue weighted by Crippen LogP contribution is 2.23. The van der Waals surface area contributed by atoms with Gasteiger partial charge in [-0.05, 0) is 30.2 Å². The lowest BCUT2D eigenvalue weighted by atomic mass is 10.1. The largest absolute Gasteiger partial charge is 0.489 e. The van der Waals surface area contributed by atoms with E-state index in [1.165, 1.54) is 0 Å². The molecule has 0 saturated heterocycles. The molecule has 0 heterocycles. The maximum absolute atomic E-state index is 8.59. The van der Waals surface area contributed by atoms with E-state index >= 15 is 0 Å². The quantitative estimate of drug-likeness (QED) is 0.393. The number of amidine groups is 1. The van der Waals surface area contributed by atoms with Crippen LogP contribution in [0.2, 0.25) is 5.02 Å². The highest BCUT2D eigenvalue weighted by Gasteiger charge is 2.03. The van der Waals surface area contributed by atoms with Gasteiger partial charge in [-0.2, -0.15) is 0 Å². The van der Waals surface area contributed by atoms with Crippen molar-refractivity contribution in [3.63, 3.8) is 0 Å². The summed E-state index contributed by atoms with van der Waals surface area (Å²) in [6.45, 7) is 2.39.